The lowest BCUT2D eigenvalue weighted by atomic mass is 10.1. The number of carbonyl (C=O) groups excluding carboxylic acids is 1. The average Bonchev–Trinajstić information content (AvgIpc) is 2.62. The van der Waals surface area contributed by atoms with Crippen LogP contribution in [0.4, 0.5) is 10.1 Å². The molecule has 0 aliphatic carbocycles. The number of rotatable bonds is 3. The van der Waals surface area contributed by atoms with Gasteiger partial charge in [-0.15, -0.1) is 0 Å². The Hall–Kier alpha value is -1.56. The molecule has 1 fully saturated rings. The van der Waals surface area contributed by atoms with Crippen LogP contribution in [0.15, 0.2) is 41.4 Å². The van der Waals surface area contributed by atoms with Gasteiger partial charge < -0.3 is 0 Å². The predicted molar refractivity (Wildman–Crippen MR) is 107 cm³/mol. The molecule has 2 aromatic rings. The first kappa shape index (κ1) is 19.2. The molecule has 0 aromatic heterocycles. The topological polar surface area (TPSA) is 32.7 Å². The highest BCUT2D eigenvalue weighted by molar-refractivity contribution is 8.13. The van der Waals surface area contributed by atoms with Gasteiger partial charge in [0.15, 0.2) is 5.17 Å². The van der Waals surface area contributed by atoms with Crippen LogP contribution >= 0.6 is 35.0 Å². The summed E-state index contributed by atoms with van der Waals surface area (Å²) in [6.07, 6.45) is 0.759. The quantitative estimate of drug-likeness (QED) is 0.655. The van der Waals surface area contributed by atoms with Crippen molar-refractivity contribution in [2.75, 3.05) is 12.3 Å². The largest absolute Gasteiger partial charge is 0.291 e. The van der Waals surface area contributed by atoms with Crippen LogP contribution in [-0.4, -0.2) is 28.3 Å². The van der Waals surface area contributed by atoms with E-state index in [1.807, 2.05) is 19.1 Å². The number of aryl methyl sites for hydroxylation is 1. The summed E-state index contributed by atoms with van der Waals surface area (Å²) in [5, 5.41) is 1.49. The standard InChI is InChI=1S/C19H17Cl2FN2OS/c1-12-6-7-13(10-16(12)21)23-19-24(8-3-9-26-19)18(25)11-14-15(20)4-2-5-17(14)22/h2,4-7,10H,3,8-9,11H2,1H3. The molecular weight excluding hydrogens is 394 g/mol. The summed E-state index contributed by atoms with van der Waals surface area (Å²) in [6, 6.07) is 9.94. The molecule has 0 bridgehead atoms. The number of benzene rings is 2. The maximum Gasteiger partial charge on any atom is 0.233 e. The van der Waals surface area contributed by atoms with Crippen molar-refractivity contribution < 1.29 is 9.18 Å². The number of hydrogen-bond acceptors (Lipinski definition) is 3. The predicted octanol–water partition coefficient (Wildman–Crippen LogP) is 5.64. The van der Waals surface area contributed by atoms with Gasteiger partial charge in [-0.1, -0.05) is 47.1 Å². The number of nitrogens with zero attached hydrogens (tertiary/aromatic N) is 2. The highest BCUT2D eigenvalue weighted by atomic mass is 35.5. The van der Waals surface area contributed by atoms with Crippen LogP contribution in [0.1, 0.15) is 17.5 Å². The fraction of sp³-hybridized carbons (Fsp3) is 0.263. The van der Waals surface area contributed by atoms with Crippen LogP contribution in [0, 0.1) is 12.7 Å². The van der Waals surface area contributed by atoms with Gasteiger partial charge in [-0.3, -0.25) is 9.69 Å². The van der Waals surface area contributed by atoms with Crippen LogP contribution in [0.25, 0.3) is 0 Å². The van der Waals surface area contributed by atoms with E-state index < -0.39 is 5.82 Å². The molecule has 0 unspecified atom stereocenters. The summed E-state index contributed by atoms with van der Waals surface area (Å²) >= 11 is 13.7. The Labute approximate surface area is 166 Å². The van der Waals surface area contributed by atoms with Gasteiger partial charge in [-0.05, 0) is 43.2 Å². The third-order valence-corrected chi connectivity index (χ3v) is 5.88. The van der Waals surface area contributed by atoms with E-state index >= 15 is 0 Å². The van der Waals surface area contributed by atoms with Crippen LogP contribution in [-0.2, 0) is 11.2 Å². The zero-order valence-electron chi connectivity index (χ0n) is 14.1. The molecule has 136 valence electrons. The number of thioether (sulfide) groups is 1. The molecule has 1 aliphatic heterocycles. The maximum absolute atomic E-state index is 14.0. The Kier molecular flexibility index (Phi) is 6.22. The molecule has 3 rings (SSSR count). The lowest BCUT2D eigenvalue weighted by Gasteiger charge is -2.28. The molecule has 0 radical (unpaired) electrons. The van der Waals surface area contributed by atoms with Gasteiger partial charge in [0, 0.05) is 27.9 Å². The molecule has 1 saturated heterocycles. The third-order valence-electron chi connectivity index (χ3n) is 4.06. The molecule has 1 heterocycles. The summed E-state index contributed by atoms with van der Waals surface area (Å²) in [7, 11) is 0. The highest BCUT2D eigenvalue weighted by Crippen LogP contribution is 2.27. The molecular formula is C19H17Cl2FN2OS. The molecule has 0 N–H and O–H groups in total. The van der Waals surface area contributed by atoms with E-state index in [2.05, 4.69) is 4.99 Å². The van der Waals surface area contributed by atoms with Crippen molar-refractivity contribution in [1.82, 2.24) is 4.90 Å². The smallest absolute Gasteiger partial charge is 0.233 e. The van der Waals surface area contributed by atoms with Gasteiger partial charge in [0.25, 0.3) is 0 Å². The Morgan fingerprint density at radius 1 is 1.27 bits per heavy atom. The molecule has 0 atom stereocenters. The van der Waals surface area contributed by atoms with E-state index in [9.17, 15) is 9.18 Å². The second-order valence-electron chi connectivity index (χ2n) is 5.95. The van der Waals surface area contributed by atoms with Crippen molar-refractivity contribution in [2.24, 2.45) is 4.99 Å². The fourth-order valence-electron chi connectivity index (χ4n) is 2.59. The average molecular weight is 411 g/mol. The van der Waals surface area contributed by atoms with Crippen molar-refractivity contribution in [3.63, 3.8) is 0 Å². The van der Waals surface area contributed by atoms with Crippen molar-refractivity contribution in [1.29, 1.82) is 0 Å². The highest BCUT2D eigenvalue weighted by Gasteiger charge is 2.25. The van der Waals surface area contributed by atoms with Gasteiger partial charge in [0.2, 0.25) is 5.91 Å². The van der Waals surface area contributed by atoms with E-state index in [1.165, 1.54) is 23.9 Å². The number of amidine groups is 1. The number of amides is 1. The molecule has 1 aliphatic rings. The maximum atomic E-state index is 14.0. The summed E-state index contributed by atoms with van der Waals surface area (Å²) in [5.74, 6) is 0.184. The number of aliphatic imine (C=N–C) groups is 1. The number of carbonyl (C=O) groups is 1. The minimum Gasteiger partial charge on any atom is -0.291 e. The van der Waals surface area contributed by atoms with Crippen LogP contribution in [0.3, 0.4) is 0 Å². The van der Waals surface area contributed by atoms with Crippen molar-refractivity contribution in [3.8, 4) is 0 Å². The van der Waals surface area contributed by atoms with Gasteiger partial charge in [-0.25, -0.2) is 9.38 Å². The Morgan fingerprint density at radius 2 is 2.08 bits per heavy atom. The van der Waals surface area contributed by atoms with Crippen molar-refractivity contribution in [2.45, 2.75) is 19.8 Å². The SMILES string of the molecule is Cc1ccc(N=C2SCCCN2C(=O)Cc2c(F)cccc2Cl)cc1Cl. The first-order valence-electron chi connectivity index (χ1n) is 8.16. The third kappa shape index (κ3) is 4.40. The number of hydrogen-bond donors (Lipinski definition) is 0. The van der Waals surface area contributed by atoms with Gasteiger partial charge in [-0.2, -0.15) is 0 Å². The summed E-state index contributed by atoms with van der Waals surface area (Å²) < 4.78 is 14.0. The Bertz CT molecular complexity index is 852. The molecule has 0 spiro atoms. The molecule has 2 aromatic carbocycles. The van der Waals surface area contributed by atoms with E-state index in [-0.39, 0.29) is 22.9 Å². The zero-order valence-corrected chi connectivity index (χ0v) is 16.5. The molecule has 0 saturated carbocycles. The molecule has 26 heavy (non-hydrogen) atoms. The van der Waals surface area contributed by atoms with Crippen LogP contribution in [0.5, 0.6) is 0 Å². The van der Waals surface area contributed by atoms with E-state index in [0.29, 0.717) is 22.4 Å². The fourth-order valence-corrected chi connectivity index (χ4v) is 3.97. The van der Waals surface area contributed by atoms with Gasteiger partial charge in [0.1, 0.15) is 5.82 Å². The second-order valence-corrected chi connectivity index (χ2v) is 7.83. The molecule has 1 amide bonds. The first-order valence-corrected chi connectivity index (χ1v) is 9.91. The lowest BCUT2D eigenvalue weighted by Crippen LogP contribution is -2.40. The van der Waals surface area contributed by atoms with E-state index in [1.54, 1.807) is 17.0 Å². The summed E-state index contributed by atoms with van der Waals surface area (Å²) in [5.41, 5.74) is 1.87. The van der Waals surface area contributed by atoms with Gasteiger partial charge in [0.05, 0.1) is 12.1 Å². The Morgan fingerprint density at radius 3 is 2.81 bits per heavy atom. The second kappa shape index (κ2) is 8.42. The van der Waals surface area contributed by atoms with Crippen molar-refractivity contribution >= 4 is 51.7 Å². The summed E-state index contributed by atoms with van der Waals surface area (Å²) in [6.45, 7) is 2.47. The minimum atomic E-state index is -0.473. The molecule has 7 heteroatoms. The first-order chi connectivity index (χ1) is 12.5. The van der Waals surface area contributed by atoms with Crippen LogP contribution < -0.4 is 0 Å². The molecule has 3 nitrogen and oxygen atoms in total. The Balaban J connectivity index is 1.85. The monoisotopic (exact) mass is 410 g/mol. The van der Waals surface area contributed by atoms with Gasteiger partial charge >= 0.3 is 0 Å². The summed E-state index contributed by atoms with van der Waals surface area (Å²) in [4.78, 5) is 19.0. The minimum absolute atomic E-state index is 0.0975. The van der Waals surface area contributed by atoms with Crippen molar-refractivity contribution in [3.05, 3.63) is 63.4 Å². The lowest BCUT2D eigenvalue weighted by molar-refractivity contribution is -0.126. The van der Waals surface area contributed by atoms with E-state index in [4.69, 9.17) is 23.2 Å². The van der Waals surface area contributed by atoms with Crippen LogP contribution in [0.2, 0.25) is 10.0 Å². The normalized spacial score (nSPS) is 16.2. The zero-order chi connectivity index (χ0) is 18.7. The van der Waals surface area contributed by atoms with E-state index in [0.717, 1.165) is 17.7 Å². The number of halogens is 3.